The van der Waals surface area contributed by atoms with E-state index in [1.54, 1.807) is 18.6 Å². The van der Waals surface area contributed by atoms with Gasteiger partial charge in [-0.3, -0.25) is 9.97 Å². The molecule has 4 heterocycles. The lowest BCUT2D eigenvalue weighted by molar-refractivity contribution is 1.16. The van der Waals surface area contributed by atoms with E-state index in [1.165, 1.54) is 10.8 Å². The highest BCUT2D eigenvalue weighted by molar-refractivity contribution is 6.13. The molecular weight excluding hydrogens is 538 g/mol. The van der Waals surface area contributed by atoms with Gasteiger partial charge in [0.25, 0.3) is 0 Å². The molecule has 0 aliphatic carbocycles. The van der Waals surface area contributed by atoms with Gasteiger partial charge in [-0.2, -0.15) is 0 Å². The van der Waals surface area contributed by atoms with Crippen molar-refractivity contribution in [2.45, 2.75) is 0 Å². The smallest absolute Gasteiger partial charge is 0.161 e. The van der Waals surface area contributed by atoms with Crippen LogP contribution in [0.4, 0.5) is 0 Å². The fourth-order valence-electron chi connectivity index (χ4n) is 5.69. The number of aromatic nitrogens is 5. The molecule has 0 N–H and O–H groups in total. The van der Waals surface area contributed by atoms with Crippen molar-refractivity contribution in [3.05, 3.63) is 152 Å². The highest BCUT2D eigenvalue weighted by atomic mass is 14.9. The molecule has 0 bridgehead atoms. The zero-order valence-electron chi connectivity index (χ0n) is 23.7. The van der Waals surface area contributed by atoms with Crippen molar-refractivity contribution in [3.8, 4) is 56.3 Å². The lowest BCUT2D eigenvalue weighted by atomic mass is 9.94. The molecule has 0 atom stereocenters. The van der Waals surface area contributed by atoms with Crippen LogP contribution in [0.2, 0.25) is 0 Å². The van der Waals surface area contributed by atoms with Gasteiger partial charge >= 0.3 is 0 Å². The van der Waals surface area contributed by atoms with Gasteiger partial charge in [0.2, 0.25) is 0 Å². The molecule has 44 heavy (non-hydrogen) atoms. The lowest BCUT2D eigenvalue weighted by Gasteiger charge is -2.14. The van der Waals surface area contributed by atoms with Crippen molar-refractivity contribution in [3.63, 3.8) is 0 Å². The third-order valence-corrected chi connectivity index (χ3v) is 7.86. The summed E-state index contributed by atoms with van der Waals surface area (Å²) < 4.78 is 0. The molecule has 0 radical (unpaired) electrons. The van der Waals surface area contributed by atoms with E-state index in [1.807, 2.05) is 42.6 Å². The number of fused-ring (bicyclic) bond motifs is 3. The summed E-state index contributed by atoms with van der Waals surface area (Å²) in [4.78, 5) is 23.5. The number of hydrogen-bond donors (Lipinski definition) is 0. The van der Waals surface area contributed by atoms with Gasteiger partial charge in [-0.1, -0.05) is 84.9 Å². The normalized spacial score (nSPS) is 11.2. The highest BCUT2D eigenvalue weighted by Gasteiger charge is 2.15. The maximum atomic E-state index is 5.10. The molecular formula is C39H25N5. The third kappa shape index (κ3) is 4.76. The maximum absolute atomic E-state index is 5.10. The fraction of sp³-hybridized carbons (Fsp3) is 0. The Morgan fingerprint density at radius 1 is 0.409 bits per heavy atom. The summed E-state index contributed by atoms with van der Waals surface area (Å²) in [6.45, 7) is 0. The quantitative estimate of drug-likeness (QED) is 0.195. The van der Waals surface area contributed by atoms with E-state index >= 15 is 0 Å². The van der Waals surface area contributed by atoms with Gasteiger partial charge in [0.05, 0.1) is 22.6 Å². The summed E-state index contributed by atoms with van der Waals surface area (Å²) in [5.41, 5.74) is 9.71. The minimum Gasteiger partial charge on any atom is -0.264 e. The van der Waals surface area contributed by atoms with Gasteiger partial charge in [0.15, 0.2) is 5.82 Å². The van der Waals surface area contributed by atoms with Gasteiger partial charge in [-0.05, 0) is 64.4 Å². The first-order valence-corrected chi connectivity index (χ1v) is 14.5. The van der Waals surface area contributed by atoms with Crippen LogP contribution in [0.5, 0.6) is 0 Å². The predicted molar refractivity (Wildman–Crippen MR) is 178 cm³/mol. The van der Waals surface area contributed by atoms with E-state index in [4.69, 9.17) is 15.0 Å². The van der Waals surface area contributed by atoms with Crippen molar-refractivity contribution in [2.24, 2.45) is 0 Å². The Kier molecular flexibility index (Phi) is 6.39. The van der Waals surface area contributed by atoms with E-state index in [0.29, 0.717) is 5.82 Å². The molecule has 8 rings (SSSR count). The molecule has 0 unspecified atom stereocenters. The summed E-state index contributed by atoms with van der Waals surface area (Å²) in [7, 11) is 0. The van der Waals surface area contributed by atoms with Crippen LogP contribution < -0.4 is 0 Å². The molecule has 4 aromatic carbocycles. The van der Waals surface area contributed by atoms with Crippen molar-refractivity contribution in [1.29, 1.82) is 0 Å². The Hall–Kier alpha value is -6.07. The molecule has 5 heteroatoms. The van der Waals surface area contributed by atoms with Crippen LogP contribution in [0.3, 0.4) is 0 Å². The molecule has 0 amide bonds. The maximum Gasteiger partial charge on any atom is 0.161 e. The van der Waals surface area contributed by atoms with Gasteiger partial charge in [0.1, 0.15) is 0 Å². The summed E-state index contributed by atoms with van der Waals surface area (Å²) in [5, 5.41) is 3.53. The number of benzene rings is 4. The van der Waals surface area contributed by atoms with Gasteiger partial charge in [-0.15, -0.1) is 0 Å². The summed E-state index contributed by atoms with van der Waals surface area (Å²) in [6, 6.07) is 43.8. The topological polar surface area (TPSA) is 64.5 Å². The molecule has 206 valence electrons. The van der Waals surface area contributed by atoms with E-state index in [9.17, 15) is 0 Å². The molecule has 8 aromatic rings. The Morgan fingerprint density at radius 2 is 1.02 bits per heavy atom. The van der Waals surface area contributed by atoms with E-state index in [0.717, 1.165) is 61.4 Å². The summed E-state index contributed by atoms with van der Waals surface area (Å²) in [5.74, 6) is 0.623. The summed E-state index contributed by atoms with van der Waals surface area (Å²) in [6.07, 6.45) is 7.13. The molecule has 4 aromatic heterocycles. The van der Waals surface area contributed by atoms with E-state index in [2.05, 4.69) is 101 Å². The average Bonchev–Trinajstić information content (AvgIpc) is 3.12. The number of nitrogens with zero attached hydrogens (tertiary/aromatic N) is 5. The molecule has 5 nitrogen and oxygen atoms in total. The first-order valence-electron chi connectivity index (χ1n) is 14.5. The number of pyridine rings is 3. The average molecular weight is 564 g/mol. The first kappa shape index (κ1) is 25.6. The van der Waals surface area contributed by atoms with Gasteiger partial charge in [-0.25, -0.2) is 15.0 Å². The van der Waals surface area contributed by atoms with Crippen LogP contribution >= 0.6 is 0 Å². The van der Waals surface area contributed by atoms with Crippen molar-refractivity contribution < 1.29 is 0 Å². The minimum atomic E-state index is 0.623. The van der Waals surface area contributed by atoms with Crippen LogP contribution in [0.25, 0.3) is 78.0 Å². The monoisotopic (exact) mass is 563 g/mol. The lowest BCUT2D eigenvalue weighted by Crippen LogP contribution is -1.96. The molecule has 0 aliphatic heterocycles. The molecule has 0 spiro atoms. The second kappa shape index (κ2) is 11.0. The van der Waals surface area contributed by atoms with Crippen LogP contribution in [0.15, 0.2) is 152 Å². The molecule has 0 saturated carbocycles. The summed E-state index contributed by atoms with van der Waals surface area (Å²) >= 11 is 0. The third-order valence-electron chi connectivity index (χ3n) is 7.86. The van der Waals surface area contributed by atoms with Gasteiger partial charge in [0, 0.05) is 52.4 Å². The molecule has 0 fully saturated rings. The molecule has 0 aliphatic rings. The van der Waals surface area contributed by atoms with Crippen molar-refractivity contribution >= 4 is 21.7 Å². The van der Waals surface area contributed by atoms with E-state index in [-0.39, 0.29) is 0 Å². The number of hydrogen-bond acceptors (Lipinski definition) is 5. The number of rotatable bonds is 5. The van der Waals surface area contributed by atoms with Gasteiger partial charge < -0.3 is 0 Å². The van der Waals surface area contributed by atoms with Crippen molar-refractivity contribution in [2.75, 3.05) is 0 Å². The second-order valence-corrected chi connectivity index (χ2v) is 10.6. The Balaban J connectivity index is 1.29. The van der Waals surface area contributed by atoms with Crippen LogP contribution in [-0.4, -0.2) is 24.9 Å². The largest absolute Gasteiger partial charge is 0.264 e. The Bertz CT molecular complexity index is 2190. The van der Waals surface area contributed by atoms with E-state index < -0.39 is 0 Å². The van der Waals surface area contributed by atoms with Crippen LogP contribution in [0, 0.1) is 0 Å². The minimum absolute atomic E-state index is 0.623. The first-order chi connectivity index (χ1) is 21.8. The second-order valence-electron chi connectivity index (χ2n) is 10.6. The SMILES string of the molecule is c1ccc(-c2cc(-c3ccc(-c4cc(-c5cccnc5)nc(-c5cccnc5)n4)cc3)c3c(ccc4ccccc43)n2)cc1. The Labute approximate surface area is 254 Å². The Morgan fingerprint density at radius 3 is 1.77 bits per heavy atom. The highest BCUT2D eigenvalue weighted by Crippen LogP contribution is 2.37. The van der Waals surface area contributed by atoms with Crippen LogP contribution in [-0.2, 0) is 0 Å². The van der Waals surface area contributed by atoms with Crippen LogP contribution in [0.1, 0.15) is 0 Å². The standard InChI is InChI=1S/C39H25N5/c1-2-9-28(10-3-1)35-22-33(38-32-13-5-4-8-26(32)18-19-34(38)42-35)27-14-16-29(17-15-27)36-23-37(30-11-6-20-40-24-30)44-39(43-36)31-12-7-21-41-25-31/h1-25H. The van der Waals surface area contributed by atoms with Crippen molar-refractivity contribution in [1.82, 2.24) is 24.9 Å². The fourth-order valence-corrected chi connectivity index (χ4v) is 5.69. The zero-order chi connectivity index (χ0) is 29.3. The predicted octanol–water partition coefficient (Wildman–Crippen LogP) is 9.30. The zero-order valence-corrected chi connectivity index (χ0v) is 23.7. The molecule has 0 saturated heterocycles.